The topological polar surface area (TPSA) is 40.6 Å². The third kappa shape index (κ3) is 4.37. The lowest BCUT2D eigenvalue weighted by atomic mass is 9.92. The van der Waals surface area contributed by atoms with E-state index in [1.54, 1.807) is 0 Å². The zero-order valence-corrected chi connectivity index (χ0v) is 14.7. The summed E-state index contributed by atoms with van der Waals surface area (Å²) in [5.74, 6) is 0.975. The van der Waals surface area contributed by atoms with Gasteiger partial charge in [0.15, 0.2) is 0 Å². The van der Waals surface area contributed by atoms with Gasteiger partial charge in [0, 0.05) is 32.6 Å². The van der Waals surface area contributed by atoms with Gasteiger partial charge in [0.05, 0.1) is 6.42 Å². The first-order chi connectivity index (χ1) is 11.6. The van der Waals surface area contributed by atoms with E-state index in [-0.39, 0.29) is 5.91 Å². The van der Waals surface area contributed by atoms with Crippen molar-refractivity contribution in [1.82, 2.24) is 9.80 Å². The summed E-state index contributed by atoms with van der Waals surface area (Å²) in [4.78, 5) is 28.7. The van der Waals surface area contributed by atoms with Gasteiger partial charge in [0.25, 0.3) is 0 Å². The largest absolute Gasteiger partial charge is 0.343 e. The van der Waals surface area contributed by atoms with Gasteiger partial charge in [-0.3, -0.25) is 9.59 Å². The smallest absolute Gasteiger partial charge is 0.226 e. The molecule has 0 aromatic heterocycles. The average molecular weight is 328 g/mol. The molecule has 2 fully saturated rings. The zero-order chi connectivity index (χ0) is 16.9. The molecule has 0 N–H and O–H groups in total. The summed E-state index contributed by atoms with van der Waals surface area (Å²) in [6.07, 6.45) is 5.37. The summed E-state index contributed by atoms with van der Waals surface area (Å²) in [5, 5.41) is 0. The highest BCUT2D eigenvalue weighted by molar-refractivity contribution is 5.79. The summed E-state index contributed by atoms with van der Waals surface area (Å²) < 4.78 is 0. The van der Waals surface area contributed by atoms with E-state index in [1.807, 2.05) is 21.9 Å². The van der Waals surface area contributed by atoms with Crippen LogP contribution in [0.25, 0.3) is 0 Å². The van der Waals surface area contributed by atoms with E-state index in [2.05, 4.69) is 19.1 Å². The minimum atomic E-state index is 0.213. The van der Waals surface area contributed by atoms with Crippen molar-refractivity contribution in [2.45, 2.75) is 45.4 Å². The lowest BCUT2D eigenvalue weighted by Gasteiger charge is -2.32. The first-order valence-electron chi connectivity index (χ1n) is 9.23. The molecule has 0 saturated carbocycles. The quantitative estimate of drug-likeness (QED) is 0.853. The Morgan fingerprint density at radius 1 is 1.00 bits per heavy atom. The number of benzene rings is 1. The van der Waals surface area contributed by atoms with Crippen molar-refractivity contribution in [3.63, 3.8) is 0 Å². The van der Waals surface area contributed by atoms with Crippen LogP contribution in [0.3, 0.4) is 0 Å². The summed E-state index contributed by atoms with van der Waals surface area (Å²) in [6.45, 7) is 5.52. The first kappa shape index (κ1) is 17.0. The van der Waals surface area contributed by atoms with Crippen LogP contribution in [0.15, 0.2) is 24.3 Å². The van der Waals surface area contributed by atoms with Crippen molar-refractivity contribution >= 4 is 11.8 Å². The Kier molecular flexibility index (Phi) is 5.54. The Balaban J connectivity index is 1.44. The molecular formula is C20H28N2O2. The summed E-state index contributed by atoms with van der Waals surface area (Å²) in [7, 11) is 0. The monoisotopic (exact) mass is 328 g/mol. The van der Waals surface area contributed by atoms with Crippen LogP contribution >= 0.6 is 0 Å². The van der Waals surface area contributed by atoms with Crippen molar-refractivity contribution in [3.05, 3.63) is 35.4 Å². The average Bonchev–Trinajstić information content (AvgIpc) is 3.10. The van der Waals surface area contributed by atoms with Gasteiger partial charge >= 0.3 is 0 Å². The number of likely N-dealkylation sites (tertiary alicyclic amines) is 2. The summed E-state index contributed by atoms with van der Waals surface area (Å²) >= 11 is 0. The number of nitrogens with zero attached hydrogens (tertiary/aromatic N) is 2. The van der Waals surface area contributed by atoms with Gasteiger partial charge in [-0.1, -0.05) is 29.8 Å². The van der Waals surface area contributed by atoms with Gasteiger partial charge in [-0.2, -0.15) is 0 Å². The number of hydrogen-bond acceptors (Lipinski definition) is 2. The molecule has 4 heteroatoms. The molecule has 0 bridgehead atoms. The van der Waals surface area contributed by atoms with Crippen LogP contribution in [0.1, 0.15) is 43.2 Å². The maximum absolute atomic E-state index is 12.5. The Labute approximate surface area is 144 Å². The Morgan fingerprint density at radius 3 is 2.33 bits per heavy atom. The van der Waals surface area contributed by atoms with Gasteiger partial charge in [0.2, 0.25) is 11.8 Å². The predicted molar refractivity (Wildman–Crippen MR) is 94.6 cm³/mol. The molecule has 2 saturated heterocycles. The van der Waals surface area contributed by atoms with E-state index >= 15 is 0 Å². The van der Waals surface area contributed by atoms with Crippen LogP contribution in [0, 0.1) is 12.8 Å². The van der Waals surface area contributed by atoms with Gasteiger partial charge in [-0.05, 0) is 44.1 Å². The van der Waals surface area contributed by atoms with E-state index in [0.717, 1.165) is 57.4 Å². The molecule has 1 aromatic rings. The van der Waals surface area contributed by atoms with Crippen molar-refractivity contribution < 1.29 is 9.59 Å². The Bertz CT molecular complexity index is 585. The molecule has 130 valence electrons. The highest BCUT2D eigenvalue weighted by Gasteiger charge is 2.26. The van der Waals surface area contributed by atoms with E-state index in [1.165, 1.54) is 5.56 Å². The van der Waals surface area contributed by atoms with Crippen LogP contribution in [0.4, 0.5) is 0 Å². The van der Waals surface area contributed by atoms with Crippen molar-refractivity contribution in [3.8, 4) is 0 Å². The fourth-order valence-corrected chi connectivity index (χ4v) is 3.84. The standard InChI is InChI=1S/C20H28N2O2/c1-16-5-4-6-18(13-16)15-20(24)22-11-7-17(8-12-22)14-19(23)21-9-2-3-10-21/h4-6,13,17H,2-3,7-12,14-15H2,1H3. The Morgan fingerprint density at radius 2 is 1.67 bits per heavy atom. The van der Waals surface area contributed by atoms with E-state index in [0.29, 0.717) is 24.7 Å². The second-order valence-corrected chi connectivity index (χ2v) is 7.28. The van der Waals surface area contributed by atoms with Crippen molar-refractivity contribution in [2.75, 3.05) is 26.2 Å². The third-order valence-electron chi connectivity index (χ3n) is 5.33. The number of hydrogen-bond donors (Lipinski definition) is 0. The summed E-state index contributed by atoms with van der Waals surface area (Å²) in [6, 6.07) is 8.16. The molecule has 0 radical (unpaired) electrons. The Hall–Kier alpha value is -1.84. The second kappa shape index (κ2) is 7.82. The molecule has 0 spiro atoms. The molecule has 1 aromatic carbocycles. The fraction of sp³-hybridized carbons (Fsp3) is 0.600. The molecule has 0 atom stereocenters. The van der Waals surface area contributed by atoms with Crippen LogP contribution in [0.2, 0.25) is 0 Å². The molecule has 2 aliphatic heterocycles. The minimum absolute atomic E-state index is 0.213. The number of rotatable bonds is 4. The van der Waals surface area contributed by atoms with Gasteiger partial charge in [-0.15, -0.1) is 0 Å². The fourth-order valence-electron chi connectivity index (χ4n) is 3.84. The van der Waals surface area contributed by atoms with Crippen LogP contribution in [-0.2, 0) is 16.0 Å². The second-order valence-electron chi connectivity index (χ2n) is 7.28. The molecule has 2 amide bonds. The normalized spacial score (nSPS) is 18.9. The molecule has 0 aliphatic carbocycles. The van der Waals surface area contributed by atoms with Gasteiger partial charge in [0.1, 0.15) is 0 Å². The predicted octanol–water partition coefficient (Wildman–Crippen LogP) is 2.79. The number of piperidine rings is 1. The zero-order valence-electron chi connectivity index (χ0n) is 14.7. The number of carbonyl (C=O) groups excluding carboxylic acids is 2. The molecule has 4 nitrogen and oxygen atoms in total. The lowest BCUT2D eigenvalue weighted by molar-refractivity contribution is -0.133. The highest BCUT2D eigenvalue weighted by Crippen LogP contribution is 2.23. The van der Waals surface area contributed by atoms with Gasteiger partial charge in [-0.25, -0.2) is 0 Å². The number of carbonyl (C=O) groups is 2. The van der Waals surface area contributed by atoms with Gasteiger partial charge < -0.3 is 9.80 Å². The molecule has 2 heterocycles. The van der Waals surface area contributed by atoms with Crippen LogP contribution < -0.4 is 0 Å². The molecular weight excluding hydrogens is 300 g/mol. The molecule has 24 heavy (non-hydrogen) atoms. The maximum Gasteiger partial charge on any atom is 0.226 e. The third-order valence-corrected chi connectivity index (χ3v) is 5.33. The molecule has 3 rings (SSSR count). The summed E-state index contributed by atoms with van der Waals surface area (Å²) in [5.41, 5.74) is 2.28. The molecule has 2 aliphatic rings. The van der Waals surface area contributed by atoms with Crippen LogP contribution in [-0.4, -0.2) is 47.8 Å². The number of aryl methyl sites for hydroxylation is 1. The van der Waals surface area contributed by atoms with Crippen molar-refractivity contribution in [2.24, 2.45) is 5.92 Å². The van der Waals surface area contributed by atoms with Crippen molar-refractivity contribution in [1.29, 1.82) is 0 Å². The minimum Gasteiger partial charge on any atom is -0.343 e. The highest BCUT2D eigenvalue weighted by atomic mass is 16.2. The van der Waals surface area contributed by atoms with E-state index in [4.69, 9.17) is 0 Å². The van der Waals surface area contributed by atoms with E-state index < -0.39 is 0 Å². The molecule has 0 unspecified atom stereocenters. The maximum atomic E-state index is 12.5. The first-order valence-corrected chi connectivity index (χ1v) is 9.23. The SMILES string of the molecule is Cc1cccc(CC(=O)N2CCC(CC(=O)N3CCCC3)CC2)c1. The lowest BCUT2D eigenvalue weighted by Crippen LogP contribution is -2.40. The van der Waals surface area contributed by atoms with E-state index in [9.17, 15) is 9.59 Å². The number of amides is 2. The van der Waals surface area contributed by atoms with Crippen LogP contribution in [0.5, 0.6) is 0 Å².